The van der Waals surface area contributed by atoms with E-state index >= 15 is 0 Å². The number of aromatic nitrogens is 2. The number of nitrogens with zero attached hydrogens (tertiary/aromatic N) is 2. The fraction of sp³-hybridized carbons (Fsp3) is 0. The van der Waals surface area contributed by atoms with Crippen LogP contribution in [0.15, 0.2) is 191 Å². The largest absolute Gasteiger partial charge is 0.456 e. The van der Waals surface area contributed by atoms with Crippen molar-refractivity contribution in [1.29, 1.82) is 0 Å². The summed E-state index contributed by atoms with van der Waals surface area (Å²) in [7, 11) is 0. The third-order valence-corrected chi connectivity index (χ3v) is 11.2. The van der Waals surface area contributed by atoms with E-state index in [-0.39, 0.29) is 0 Å². The minimum Gasteiger partial charge on any atom is -0.456 e. The Labute approximate surface area is 320 Å². The van der Waals surface area contributed by atoms with Gasteiger partial charge in [-0.25, -0.2) is 9.97 Å². The molecule has 0 saturated heterocycles. The zero-order valence-electron chi connectivity index (χ0n) is 30.0. The summed E-state index contributed by atoms with van der Waals surface area (Å²) in [6, 6.07) is 64.0. The van der Waals surface area contributed by atoms with Gasteiger partial charge in [0.15, 0.2) is 11.4 Å². The van der Waals surface area contributed by atoms with Gasteiger partial charge < -0.3 is 8.83 Å². The average molecular weight is 715 g/mol. The molecule has 0 unspecified atom stereocenters. The number of rotatable bonds is 4. The van der Waals surface area contributed by atoms with Gasteiger partial charge in [-0.15, -0.1) is 0 Å². The molecule has 3 aromatic heterocycles. The summed E-state index contributed by atoms with van der Waals surface area (Å²) in [4.78, 5) is 10.4. The third kappa shape index (κ3) is 4.79. The molecule has 12 rings (SSSR count). The molecule has 0 saturated carbocycles. The predicted octanol–water partition coefficient (Wildman–Crippen LogP) is 14.4. The molecule has 0 atom stereocenters. The molecule has 4 heteroatoms. The highest BCUT2D eigenvalue weighted by atomic mass is 16.3. The van der Waals surface area contributed by atoms with E-state index in [0.29, 0.717) is 11.4 Å². The van der Waals surface area contributed by atoms with Crippen LogP contribution in [0.3, 0.4) is 0 Å². The molecule has 0 aliphatic rings. The Morgan fingerprint density at radius 2 is 1.00 bits per heavy atom. The standard InChI is InChI=1S/C52H30N2O2/c1-2-12-35-26-38(25-20-31(35)10-1)49-51-50(42-17-7-8-19-45(42)56-51)54-52(53-49)34-23-21-33(22-24-34)43-28-39(41-18-9-15-32-11-5-6-16-40(32)41)30-47-48(43)44-27-36-13-3-4-14-37(36)29-46(44)55-47/h1-30H. The van der Waals surface area contributed by atoms with Crippen molar-refractivity contribution in [1.82, 2.24) is 9.97 Å². The maximum Gasteiger partial charge on any atom is 0.180 e. The highest BCUT2D eigenvalue weighted by molar-refractivity contribution is 6.17. The number of furan rings is 2. The predicted molar refractivity (Wildman–Crippen MR) is 231 cm³/mol. The van der Waals surface area contributed by atoms with Crippen molar-refractivity contribution in [3.05, 3.63) is 182 Å². The first kappa shape index (κ1) is 30.9. The molecule has 56 heavy (non-hydrogen) atoms. The smallest absolute Gasteiger partial charge is 0.180 e. The second kappa shape index (κ2) is 12.0. The maximum absolute atomic E-state index is 6.71. The van der Waals surface area contributed by atoms with Crippen LogP contribution in [0.4, 0.5) is 0 Å². The fourth-order valence-corrected chi connectivity index (χ4v) is 8.50. The molecule has 9 aromatic carbocycles. The Hall–Kier alpha value is -7.56. The molecule has 0 aliphatic heterocycles. The van der Waals surface area contributed by atoms with Gasteiger partial charge in [-0.3, -0.25) is 0 Å². The van der Waals surface area contributed by atoms with Crippen LogP contribution in [0.1, 0.15) is 0 Å². The van der Waals surface area contributed by atoms with E-state index in [1.165, 1.54) is 27.1 Å². The average Bonchev–Trinajstić information content (AvgIpc) is 3.82. The SMILES string of the molecule is c1ccc2cc(-c3nc(-c4ccc(-c5cc(-c6cccc7ccccc67)cc6oc7cc8ccccc8cc7c56)cc4)nc4c3oc3ccccc34)ccc2c1. The highest BCUT2D eigenvalue weighted by Crippen LogP contribution is 2.43. The molecule has 0 N–H and O–H groups in total. The lowest BCUT2D eigenvalue weighted by molar-refractivity contribution is 0.667. The lowest BCUT2D eigenvalue weighted by Crippen LogP contribution is -1.94. The molecule has 0 fully saturated rings. The quantitative estimate of drug-likeness (QED) is 0.182. The van der Waals surface area contributed by atoms with E-state index in [1.54, 1.807) is 0 Å². The van der Waals surface area contributed by atoms with Gasteiger partial charge in [0, 0.05) is 27.3 Å². The Morgan fingerprint density at radius 1 is 0.339 bits per heavy atom. The summed E-state index contributed by atoms with van der Waals surface area (Å²) in [5.74, 6) is 0.647. The first-order valence-electron chi connectivity index (χ1n) is 18.9. The Kier molecular flexibility index (Phi) is 6.60. The van der Waals surface area contributed by atoms with E-state index in [9.17, 15) is 0 Å². The monoisotopic (exact) mass is 714 g/mol. The van der Waals surface area contributed by atoms with Crippen molar-refractivity contribution in [3.63, 3.8) is 0 Å². The number of hydrogen-bond acceptors (Lipinski definition) is 4. The van der Waals surface area contributed by atoms with Crippen molar-refractivity contribution in [3.8, 4) is 44.9 Å². The topological polar surface area (TPSA) is 52.1 Å². The van der Waals surface area contributed by atoms with Crippen molar-refractivity contribution < 1.29 is 8.83 Å². The van der Waals surface area contributed by atoms with Crippen molar-refractivity contribution in [2.75, 3.05) is 0 Å². The van der Waals surface area contributed by atoms with Crippen LogP contribution in [0, 0.1) is 0 Å². The van der Waals surface area contributed by atoms with Gasteiger partial charge in [0.1, 0.15) is 28.0 Å². The van der Waals surface area contributed by atoms with Crippen molar-refractivity contribution in [2.45, 2.75) is 0 Å². The molecule has 3 heterocycles. The van der Waals surface area contributed by atoms with Gasteiger partial charge in [0.2, 0.25) is 0 Å². The molecular formula is C52H30N2O2. The minimum atomic E-state index is 0.647. The van der Waals surface area contributed by atoms with Crippen molar-refractivity contribution >= 4 is 76.3 Å². The van der Waals surface area contributed by atoms with E-state index in [1.807, 2.05) is 18.2 Å². The van der Waals surface area contributed by atoms with E-state index in [2.05, 4.69) is 164 Å². The highest BCUT2D eigenvalue weighted by Gasteiger charge is 2.20. The van der Waals surface area contributed by atoms with Crippen LogP contribution >= 0.6 is 0 Å². The van der Waals surface area contributed by atoms with E-state index < -0.39 is 0 Å². The Bertz CT molecular complexity index is 3530. The molecule has 0 spiro atoms. The molecule has 0 amide bonds. The fourth-order valence-electron chi connectivity index (χ4n) is 8.50. The summed E-state index contributed by atoms with van der Waals surface area (Å²) in [6.45, 7) is 0. The van der Waals surface area contributed by atoms with Gasteiger partial charge >= 0.3 is 0 Å². The first-order chi connectivity index (χ1) is 27.7. The number of fused-ring (bicyclic) bond motifs is 9. The maximum atomic E-state index is 6.71. The lowest BCUT2D eigenvalue weighted by atomic mass is 9.91. The summed E-state index contributed by atoms with van der Waals surface area (Å²) < 4.78 is 13.2. The summed E-state index contributed by atoms with van der Waals surface area (Å²) in [5, 5.41) is 10.3. The summed E-state index contributed by atoms with van der Waals surface area (Å²) in [6.07, 6.45) is 0. The lowest BCUT2D eigenvalue weighted by Gasteiger charge is -2.12. The van der Waals surface area contributed by atoms with Gasteiger partial charge in [-0.1, -0.05) is 140 Å². The van der Waals surface area contributed by atoms with Crippen LogP contribution in [0.2, 0.25) is 0 Å². The van der Waals surface area contributed by atoms with Crippen LogP contribution < -0.4 is 0 Å². The van der Waals surface area contributed by atoms with Crippen LogP contribution in [-0.4, -0.2) is 9.97 Å². The van der Waals surface area contributed by atoms with Crippen LogP contribution in [0.5, 0.6) is 0 Å². The molecule has 0 radical (unpaired) electrons. The van der Waals surface area contributed by atoms with E-state index in [4.69, 9.17) is 18.8 Å². The minimum absolute atomic E-state index is 0.647. The van der Waals surface area contributed by atoms with Crippen LogP contribution in [0.25, 0.3) is 121 Å². The molecular weight excluding hydrogens is 685 g/mol. The molecule has 0 bridgehead atoms. The number of benzene rings is 9. The van der Waals surface area contributed by atoms with Gasteiger partial charge in [-0.05, 0) is 97.0 Å². The normalized spacial score (nSPS) is 11.9. The second-order valence-corrected chi connectivity index (χ2v) is 14.5. The molecule has 0 aliphatic carbocycles. The third-order valence-electron chi connectivity index (χ3n) is 11.2. The number of hydrogen-bond donors (Lipinski definition) is 0. The molecule has 4 nitrogen and oxygen atoms in total. The summed E-state index contributed by atoms with van der Waals surface area (Å²) >= 11 is 0. The van der Waals surface area contributed by atoms with E-state index in [0.717, 1.165) is 82.7 Å². The summed E-state index contributed by atoms with van der Waals surface area (Å²) in [5.41, 5.74) is 11.2. The zero-order valence-corrected chi connectivity index (χ0v) is 30.0. The van der Waals surface area contributed by atoms with Gasteiger partial charge in [0.05, 0.1) is 0 Å². The van der Waals surface area contributed by atoms with Crippen molar-refractivity contribution in [2.24, 2.45) is 0 Å². The second-order valence-electron chi connectivity index (χ2n) is 14.5. The molecule has 12 aromatic rings. The molecule has 260 valence electrons. The van der Waals surface area contributed by atoms with Gasteiger partial charge in [-0.2, -0.15) is 0 Å². The zero-order chi connectivity index (χ0) is 36.7. The number of para-hydroxylation sites is 1. The van der Waals surface area contributed by atoms with Crippen LogP contribution in [-0.2, 0) is 0 Å². The Balaban J connectivity index is 1.06. The Morgan fingerprint density at radius 3 is 1.84 bits per heavy atom. The first-order valence-corrected chi connectivity index (χ1v) is 18.9. The van der Waals surface area contributed by atoms with Gasteiger partial charge in [0.25, 0.3) is 0 Å².